The molecule has 0 saturated heterocycles. The van der Waals surface area contributed by atoms with Crippen LogP contribution >= 0.6 is 0 Å². The lowest BCUT2D eigenvalue weighted by Crippen LogP contribution is -3.00. The fourth-order valence-corrected chi connectivity index (χ4v) is 9.42. The van der Waals surface area contributed by atoms with Gasteiger partial charge in [-0.3, -0.25) is 19.7 Å². The highest BCUT2D eigenvalue weighted by Gasteiger charge is 2.25. The quantitative estimate of drug-likeness (QED) is 0.163. The highest BCUT2D eigenvalue weighted by Crippen LogP contribution is 2.34. The summed E-state index contributed by atoms with van der Waals surface area (Å²) in [6.45, 7) is 4.21. The Hall–Kier alpha value is -7.22. The number of halogens is 2. The molecule has 14 bridgehead atoms. The van der Waals surface area contributed by atoms with Gasteiger partial charge in [0.1, 0.15) is 31.9 Å². The molecule has 3 aliphatic heterocycles. The Balaban J connectivity index is 0.00000266. The van der Waals surface area contributed by atoms with Gasteiger partial charge in [-0.1, -0.05) is 72.8 Å². The molecule has 1 N–H and O–H groups in total. The number of non-ortho nitro benzene ring substituents is 1. The van der Waals surface area contributed by atoms with E-state index in [1.807, 2.05) is 155 Å². The van der Waals surface area contributed by atoms with Crippen molar-refractivity contribution in [1.29, 1.82) is 0 Å². The molecule has 10 aromatic rings. The lowest BCUT2D eigenvalue weighted by molar-refractivity contribution is -0.663. The number of para-hydroxylation sites is 4. The second-order valence-corrected chi connectivity index (χ2v) is 16.3. The van der Waals surface area contributed by atoms with Crippen LogP contribution in [0.2, 0.25) is 0 Å². The molecular formula is C52H40Br2N6O5. The molecule has 7 aromatic carbocycles. The van der Waals surface area contributed by atoms with Crippen molar-refractivity contribution in [3.05, 3.63) is 213 Å². The molecule has 11 nitrogen and oxygen atoms in total. The molecule has 3 aromatic heterocycles. The van der Waals surface area contributed by atoms with E-state index in [9.17, 15) is 24.8 Å². The van der Waals surface area contributed by atoms with Gasteiger partial charge in [0, 0.05) is 73.9 Å². The van der Waals surface area contributed by atoms with Crippen LogP contribution in [0.1, 0.15) is 61.0 Å². The Bertz CT molecular complexity index is 3320. The van der Waals surface area contributed by atoms with Crippen molar-refractivity contribution in [2.45, 2.75) is 39.6 Å². The molecular weight excluding hydrogens is 948 g/mol. The van der Waals surface area contributed by atoms with Gasteiger partial charge in [-0.05, 0) is 78.7 Å². The van der Waals surface area contributed by atoms with Crippen molar-refractivity contribution in [3.8, 4) is 5.75 Å². The zero-order chi connectivity index (χ0) is 42.9. The number of nitrogens with zero attached hydrogens (tertiary/aromatic N) is 6. The minimum absolute atomic E-state index is 0. The molecule has 322 valence electrons. The van der Waals surface area contributed by atoms with E-state index >= 15 is 0 Å². The summed E-state index contributed by atoms with van der Waals surface area (Å²) in [6.07, 6.45) is 3.93. The number of nitro groups is 1. The fraction of sp³-hybridized carbons (Fsp3) is 0.115. The van der Waals surface area contributed by atoms with E-state index in [1.54, 1.807) is 0 Å². The van der Waals surface area contributed by atoms with E-state index in [2.05, 4.69) is 20.6 Å². The summed E-state index contributed by atoms with van der Waals surface area (Å²) in [6, 6.07) is 45.7. The van der Waals surface area contributed by atoms with Gasteiger partial charge in [0.25, 0.3) is 5.69 Å². The number of rotatable bonds is 2. The number of hydrogen-bond acceptors (Lipinski definition) is 5. The highest BCUT2D eigenvalue weighted by molar-refractivity contribution is 6.17. The second kappa shape index (κ2) is 17.1. The van der Waals surface area contributed by atoms with Crippen molar-refractivity contribution < 1.29 is 62.7 Å². The van der Waals surface area contributed by atoms with E-state index in [0.29, 0.717) is 46.5 Å². The number of nitro benzene ring substituents is 1. The molecule has 65 heavy (non-hydrogen) atoms. The Morgan fingerprint density at radius 3 is 1.40 bits per heavy atom. The maximum atomic E-state index is 14.1. The summed E-state index contributed by atoms with van der Waals surface area (Å²) >= 11 is 0. The van der Waals surface area contributed by atoms with Gasteiger partial charge in [-0.25, -0.2) is 18.3 Å². The molecule has 0 atom stereocenters. The van der Waals surface area contributed by atoms with Crippen LogP contribution in [0.3, 0.4) is 0 Å². The lowest BCUT2D eigenvalue weighted by atomic mass is 9.98. The van der Waals surface area contributed by atoms with Crippen molar-refractivity contribution in [2.75, 3.05) is 0 Å². The smallest absolute Gasteiger partial charge is 0.270 e. The third kappa shape index (κ3) is 7.49. The third-order valence-electron chi connectivity index (χ3n) is 12.5. The summed E-state index contributed by atoms with van der Waals surface area (Å²) < 4.78 is 10.4. The van der Waals surface area contributed by atoms with Crippen LogP contribution in [-0.2, 0) is 32.7 Å². The van der Waals surface area contributed by atoms with Crippen LogP contribution in [0.25, 0.3) is 43.9 Å². The largest absolute Gasteiger partial charge is 1.00 e. The Morgan fingerprint density at radius 2 is 0.985 bits per heavy atom. The summed E-state index contributed by atoms with van der Waals surface area (Å²) in [4.78, 5) is 40.1. The first-order valence-corrected chi connectivity index (χ1v) is 21.0. The Labute approximate surface area is 393 Å². The number of aromatic hydroxyl groups is 1. The number of hydrogen-bond donors (Lipinski definition) is 1. The number of imidazole rings is 2. The maximum absolute atomic E-state index is 14.1. The average molecular weight is 989 g/mol. The van der Waals surface area contributed by atoms with Gasteiger partial charge in [-0.15, -0.1) is 0 Å². The summed E-state index contributed by atoms with van der Waals surface area (Å²) in [7, 11) is 0. The molecule has 0 aliphatic carbocycles. The number of ketones is 2. The van der Waals surface area contributed by atoms with Gasteiger partial charge in [-0.2, -0.15) is 0 Å². The SMILES string of the molecule is CCn1c2ccc3cc2c2cc(ccc21)C(=O)c1ccc(cc1)C[n+]1cn(c2ccccc21)Cc1cc([N+](=O)[O-])cc(c1O)Cn1c[n+](c2ccccc21)Cc1ccc(cc1)C3=O.[Br-].[Br-]. The number of phenols is 1. The van der Waals surface area contributed by atoms with E-state index < -0.39 is 4.92 Å². The van der Waals surface area contributed by atoms with Crippen LogP contribution in [0.15, 0.2) is 158 Å². The highest BCUT2D eigenvalue weighted by atomic mass is 79.9. The van der Waals surface area contributed by atoms with E-state index in [0.717, 1.165) is 61.5 Å². The molecule has 6 heterocycles. The number of phenolic OH excluding ortho intramolecular Hbond substituents is 1. The standard InChI is InChI=1S/C52H39N6O5.2BrH/c1-2-57-44-21-19-37-25-42(44)43-26-38(20-22-45(43)57)51(60)36-17-13-34(14-18-36)28-54-32-56(49-10-6-4-8-47(49)54)30-40-24-41(58(62)63)23-39(52(40)61)29-55-31-53(46-7-3-5-9-48(46)55)27-33-11-15-35(16-12-33)50(37)59;;/h3-26,31-32H,2,27-30H2,1H3;2*1H/q+1;;/p-1. The van der Waals surface area contributed by atoms with Crippen molar-refractivity contribution in [3.63, 3.8) is 0 Å². The summed E-state index contributed by atoms with van der Waals surface area (Å²) in [5.41, 5.74) is 10.7. The van der Waals surface area contributed by atoms with Gasteiger partial charge in [0.15, 0.2) is 33.6 Å². The van der Waals surface area contributed by atoms with Crippen LogP contribution in [0.4, 0.5) is 5.69 Å². The van der Waals surface area contributed by atoms with E-state index in [4.69, 9.17) is 0 Å². The van der Waals surface area contributed by atoms with Gasteiger partial charge in [0.2, 0.25) is 12.7 Å². The first kappa shape index (κ1) is 43.1. The maximum Gasteiger partial charge on any atom is 0.270 e. The number of carbonyl (C=O) groups is 2. The van der Waals surface area contributed by atoms with Gasteiger partial charge in [0.05, 0.1) is 4.92 Å². The third-order valence-corrected chi connectivity index (χ3v) is 12.5. The molecule has 0 amide bonds. The Morgan fingerprint density at radius 1 is 0.569 bits per heavy atom. The molecule has 13 heteroatoms. The topological polar surface area (TPSA) is 120 Å². The predicted molar refractivity (Wildman–Crippen MR) is 240 cm³/mol. The van der Waals surface area contributed by atoms with E-state index in [1.165, 1.54) is 12.1 Å². The Kier molecular flexibility index (Phi) is 11.3. The zero-order valence-corrected chi connectivity index (χ0v) is 38.2. The second-order valence-electron chi connectivity index (χ2n) is 16.3. The van der Waals surface area contributed by atoms with Crippen molar-refractivity contribution in [1.82, 2.24) is 13.7 Å². The minimum atomic E-state index is -0.418. The monoisotopic (exact) mass is 986 g/mol. The predicted octanol–water partition coefficient (Wildman–Crippen LogP) is 2.89. The normalized spacial score (nSPS) is 12.8. The van der Waals surface area contributed by atoms with Gasteiger partial charge >= 0.3 is 0 Å². The number of aryl methyl sites for hydroxylation is 1. The summed E-state index contributed by atoms with van der Waals surface area (Å²) in [5.74, 6) is -0.198. The molecule has 0 spiro atoms. The zero-order valence-electron chi connectivity index (χ0n) is 35.1. The molecule has 0 unspecified atom stereocenters. The number of fused-ring (bicyclic) bond motifs is 4. The molecule has 13 rings (SSSR count). The molecule has 3 aliphatic rings. The van der Waals surface area contributed by atoms with Crippen LogP contribution in [0, 0.1) is 10.1 Å². The number of aromatic nitrogens is 5. The average Bonchev–Trinajstić information content (AvgIpc) is 3.95. The molecule has 0 fully saturated rings. The number of benzene rings is 7. The van der Waals surface area contributed by atoms with Gasteiger partial charge < -0.3 is 43.6 Å². The van der Waals surface area contributed by atoms with Crippen molar-refractivity contribution in [2.24, 2.45) is 0 Å². The first-order valence-electron chi connectivity index (χ1n) is 21.0. The lowest BCUT2D eigenvalue weighted by Gasteiger charge is -2.09. The fourth-order valence-electron chi connectivity index (χ4n) is 9.42. The van der Waals surface area contributed by atoms with Crippen LogP contribution in [0.5, 0.6) is 5.75 Å². The van der Waals surface area contributed by atoms with Crippen LogP contribution in [-0.4, -0.2) is 35.3 Å². The minimum Gasteiger partial charge on any atom is -1.00 e. The number of carbonyl (C=O) groups excluding carboxylic acids is 2. The van der Waals surface area contributed by atoms with Crippen LogP contribution < -0.4 is 43.1 Å². The summed E-state index contributed by atoms with van der Waals surface area (Å²) in [5, 5.41) is 26.1. The first-order chi connectivity index (χ1) is 30.7. The molecule has 0 saturated carbocycles. The molecule has 0 radical (unpaired) electrons. The van der Waals surface area contributed by atoms with Crippen molar-refractivity contribution >= 4 is 61.1 Å². The van der Waals surface area contributed by atoms with E-state index in [-0.39, 0.29) is 70.1 Å².